The molecule has 0 saturated carbocycles. The summed E-state index contributed by atoms with van der Waals surface area (Å²) in [5, 5.41) is 1.13. The number of ether oxygens (including phenoxy) is 2. The van der Waals surface area contributed by atoms with E-state index in [0.29, 0.717) is 33.8 Å². The van der Waals surface area contributed by atoms with E-state index in [-0.39, 0.29) is 18.5 Å². The minimum Gasteiger partial charge on any atom is -0.454 e. The first kappa shape index (κ1) is 17.2. The van der Waals surface area contributed by atoms with Crippen LogP contribution in [0.1, 0.15) is 26.3 Å². The smallest absolute Gasteiger partial charge is 0.238 e. The van der Waals surface area contributed by atoms with E-state index < -0.39 is 5.41 Å². The summed E-state index contributed by atoms with van der Waals surface area (Å²) in [7, 11) is 0. The molecule has 0 radical (unpaired) electrons. The molecule has 0 unspecified atom stereocenters. The van der Waals surface area contributed by atoms with E-state index in [1.807, 2.05) is 26.8 Å². The summed E-state index contributed by atoms with van der Waals surface area (Å²) in [6.07, 6.45) is 1.56. The Morgan fingerprint density at radius 1 is 1.38 bits per heavy atom. The first-order valence-electron chi connectivity index (χ1n) is 7.53. The van der Waals surface area contributed by atoms with E-state index in [0.717, 1.165) is 5.56 Å². The second-order valence-electron chi connectivity index (χ2n) is 6.68. The van der Waals surface area contributed by atoms with Gasteiger partial charge in [0.25, 0.3) is 0 Å². The van der Waals surface area contributed by atoms with E-state index in [9.17, 15) is 9.59 Å². The number of halogens is 1. The van der Waals surface area contributed by atoms with Crippen molar-refractivity contribution in [2.24, 2.45) is 5.41 Å². The van der Waals surface area contributed by atoms with Crippen molar-refractivity contribution in [3.05, 3.63) is 33.8 Å². The molecule has 0 spiro atoms. The van der Waals surface area contributed by atoms with Crippen LogP contribution in [0.2, 0.25) is 5.02 Å². The molecule has 0 N–H and O–H groups in total. The number of fused-ring (bicyclic) bond motifs is 1. The van der Waals surface area contributed by atoms with Crippen molar-refractivity contribution < 1.29 is 19.1 Å². The van der Waals surface area contributed by atoms with Gasteiger partial charge in [-0.3, -0.25) is 9.59 Å². The van der Waals surface area contributed by atoms with Gasteiger partial charge in [0.1, 0.15) is 0 Å². The quantitative estimate of drug-likeness (QED) is 0.764. The van der Waals surface area contributed by atoms with Gasteiger partial charge in [-0.05, 0) is 17.7 Å². The average molecular weight is 368 g/mol. The monoisotopic (exact) mass is 367 g/mol. The van der Waals surface area contributed by atoms with Crippen LogP contribution in [-0.4, -0.2) is 29.1 Å². The minimum atomic E-state index is -0.479. The molecule has 7 heteroatoms. The number of hydrogen-bond donors (Lipinski definition) is 0. The summed E-state index contributed by atoms with van der Waals surface area (Å²) in [5.41, 5.74) is 0.349. The number of amides is 1. The van der Waals surface area contributed by atoms with Crippen LogP contribution in [0.15, 0.2) is 23.2 Å². The Morgan fingerprint density at radius 3 is 2.83 bits per heavy atom. The third kappa shape index (κ3) is 3.39. The molecule has 5 nitrogen and oxygen atoms in total. The summed E-state index contributed by atoms with van der Waals surface area (Å²) in [6.45, 7) is 6.05. The maximum absolute atomic E-state index is 12.2. The van der Waals surface area contributed by atoms with Crippen molar-refractivity contribution in [1.82, 2.24) is 4.90 Å². The fourth-order valence-corrected chi connectivity index (χ4v) is 3.55. The summed E-state index contributed by atoms with van der Waals surface area (Å²) in [5.74, 6) is 1.41. The second-order valence-corrected chi connectivity index (χ2v) is 8.08. The van der Waals surface area contributed by atoms with Gasteiger partial charge in [0.05, 0.1) is 22.3 Å². The van der Waals surface area contributed by atoms with E-state index in [1.54, 1.807) is 17.0 Å². The van der Waals surface area contributed by atoms with Crippen LogP contribution in [0.5, 0.6) is 11.5 Å². The Morgan fingerprint density at radius 2 is 2.12 bits per heavy atom. The maximum atomic E-state index is 12.2. The standard InChI is InChI=1S/C17H18ClNO4S/c1-17(2,3)13(20)6-15-19(14(21)8-24-15)7-10-4-11(18)16-12(5-10)22-9-23-16/h4-6H,7-9H2,1-3H3/b15-6-. The first-order chi connectivity index (χ1) is 11.3. The predicted octanol–water partition coefficient (Wildman–Crippen LogP) is 3.60. The van der Waals surface area contributed by atoms with Crippen molar-refractivity contribution in [3.8, 4) is 11.5 Å². The number of carbonyl (C=O) groups is 2. The topological polar surface area (TPSA) is 55.8 Å². The van der Waals surface area contributed by atoms with Crippen LogP contribution in [0.3, 0.4) is 0 Å². The lowest BCUT2D eigenvalue weighted by atomic mass is 9.91. The van der Waals surface area contributed by atoms with Crippen molar-refractivity contribution in [2.75, 3.05) is 12.5 Å². The summed E-state index contributed by atoms with van der Waals surface area (Å²) >= 11 is 7.57. The largest absolute Gasteiger partial charge is 0.454 e. The third-order valence-corrected chi connectivity index (χ3v) is 5.04. The number of hydrogen-bond acceptors (Lipinski definition) is 5. The molecular weight excluding hydrogens is 350 g/mol. The van der Waals surface area contributed by atoms with Gasteiger partial charge in [-0.25, -0.2) is 0 Å². The number of thioether (sulfide) groups is 1. The highest BCUT2D eigenvalue weighted by Crippen LogP contribution is 2.41. The minimum absolute atomic E-state index is 0.00609. The van der Waals surface area contributed by atoms with Gasteiger partial charge in [-0.15, -0.1) is 0 Å². The molecule has 1 fully saturated rings. The Kier molecular flexibility index (Phi) is 4.53. The highest BCUT2D eigenvalue weighted by molar-refractivity contribution is 8.04. The number of benzene rings is 1. The molecular formula is C17H18ClNO4S. The van der Waals surface area contributed by atoms with Gasteiger partial charge in [-0.1, -0.05) is 44.1 Å². The highest BCUT2D eigenvalue weighted by Gasteiger charge is 2.30. The predicted molar refractivity (Wildman–Crippen MR) is 93.1 cm³/mol. The Bertz CT molecular complexity index is 739. The zero-order valence-corrected chi connectivity index (χ0v) is 15.3. The van der Waals surface area contributed by atoms with Crippen LogP contribution in [0.25, 0.3) is 0 Å². The van der Waals surface area contributed by atoms with E-state index >= 15 is 0 Å². The summed E-state index contributed by atoms with van der Waals surface area (Å²) < 4.78 is 10.7. The molecule has 3 rings (SSSR count). The molecule has 0 aromatic heterocycles. The third-order valence-electron chi connectivity index (χ3n) is 3.73. The molecule has 0 aliphatic carbocycles. The Balaban J connectivity index is 1.85. The maximum Gasteiger partial charge on any atom is 0.238 e. The van der Waals surface area contributed by atoms with Crippen LogP contribution < -0.4 is 9.47 Å². The Labute approximate surface area is 149 Å². The fraction of sp³-hybridized carbons (Fsp3) is 0.412. The number of rotatable bonds is 3. The van der Waals surface area contributed by atoms with Gasteiger partial charge in [0.2, 0.25) is 12.7 Å². The van der Waals surface area contributed by atoms with E-state index in [2.05, 4.69) is 0 Å². The fourth-order valence-electron chi connectivity index (χ4n) is 2.32. The number of carbonyl (C=O) groups excluding carboxylic acids is 2. The second kappa shape index (κ2) is 6.33. The number of nitrogens with zero attached hydrogens (tertiary/aromatic N) is 1. The summed E-state index contributed by atoms with van der Waals surface area (Å²) in [6, 6.07) is 3.57. The van der Waals surface area contributed by atoms with Crippen LogP contribution in [0.4, 0.5) is 0 Å². The average Bonchev–Trinajstić information content (AvgIpc) is 3.08. The van der Waals surface area contributed by atoms with Gasteiger partial charge in [-0.2, -0.15) is 0 Å². The number of allylic oxidation sites excluding steroid dienone is 1. The van der Waals surface area contributed by atoms with Crippen LogP contribution in [-0.2, 0) is 16.1 Å². The molecule has 2 aliphatic heterocycles. The molecule has 2 heterocycles. The molecule has 128 valence electrons. The SMILES string of the molecule is CC(C)(C)C(=O)/C=C1\SCC(=O)N1Cc1cc(Cl)c2c(c1)OCO2. The lowest BCUT2D eigenvalue weighted by Gasteiger charge is -2.19. The van der Waals surface area contributed by atoms with Crippen LogP contribution >= 0.6 is 23.4 Å². The van der Waals surface area contributed by atoms with Crippen LogP contribution in [0, 0.1) is 5.41 Å². The first-order valence-corrected chi connectivity index (χ1v) is 8.89. The molecule has 24 heavy (non-hydrogen) atoms. The molecule has 2 aliphatic rings. The van der Waals surface area contributed by atoms with Gasteiger partial charge < -0.3 is 14.4 Å². The molecule has 1 aromatic carbocycles. The molecule has 0 atom stereocenters. The Hall–Kier alpha value is -1.66. The number of ketones is 1. The highest BCUT2D eigenvalue weighted by atomic mass is 35.5. The zero-order valence-electron chi connectivity index (χ0n) is 13.7. The van der Waals surface area contributed by atoms with Crippen molar-refractivity contribution in [2.45, 2.75) is 27.3 Å². The molecule has 1 aromatic rings. The molecule has 1 amide bonds. The van der Waals surface area contributed by atoms with Crippen molar-refractivity contribution >= 4 is 35.1 Å². The van der Waals surface area contributed by atoms with Gasteiger partial charge in [0, 0.05) is 11.5 Å². The van der Waals surface area contributed by atoms with Crippen molar-refractivity contribution in [3.63, 3.8) is 0 Å². The summed E-state index contributed by atoms with van der Waals surface area (Å²) in [4.78, 5) is 26.1. The van der Waals surface area contributed by atoms with E-state index in [4.69, 9.17) is 21.1 Å². The van der Waals surface area contributed by atoms with Gasteiger partial charge in [0.15, 0.2) is 17.3 Å². The molecule has 0 bridgehead atoms. The molecule has 1 saturated heterocycles. The van der Waals surface area contributed by atoms with E-state index in [1.165, 1.54) is 11.8 Å². The normalized spacial score (nSPS) is 18.6. The van der Waals surface area contributed by atoms with Gasteiger partial charge >= 0.3 is 0 Å². The lowest BCUT2D eigenvalue weighted by molar-refractivity contribution is -0.125. The van der Waals surface area contributed by atoms with Crippen molar-refractivity contribution in [1.29, 1.82) is 0 Å². The lowest BCUT2D eigenvalue weighted by Crippen LogP contribution is -2.25. The zero-order chi connectivity index (χ0) is 17.5.